The summed E-state index contributed by atoms with van der Waals surface area (Å²) in [6.45, 7) is 6.03. The second kappa shape index (κ2) is 7.05. The van der Waals surface area contributed by atoms with E-state index in [9.17, 15) is 0 Å². The molecule has 5 nitrogen and oxygen atoms in total. The van der Waals surface area contributed by atoms with Crippen molar-refractivity contribution in [1.29, 1.82) is 0 Å². The molecule has 0 aromatic carbocycles. The van der Waals surface area contributed by atoms with Crippen LogP contribution < -0.4 is 10.1 Å². The SMILES string of the molecule is CCCc1cc(CNCC)cc(Oc2cnn(C)c2)n1. The molecule has 5 heteroatoms. The van der Waals surface area contributed by atoms with Crippen LogP contribution in [0.5, 0.6) is 11.6 Å². The Morgan fingerprint density at radius 1 is 1.30 bits per heavy atom. The Hall–Kier alpha value is -1.88. The molecule has 0 saturated heterocycles. The van der Waals surface area contributed by atoms with E-state index in [0.29, 0.717) is 11.6 Å². The topological polar surface area (TPSA) is 52.0 Å². The van der Waals surface area contributed by atoms with E-state index in [1.165, 1.54) is 5.56 Å². The molecular formula is C15H22N4O. The molecule has 2 aromatic heterocycles. The number of pyridine rings is 1. The third-order valence-corrected chi connectivity index (χ3v) is 2.90. The fraction of sp³-hybridized carbons (Fsp3) is 0.467. The van der Waals surface area contributed by atoms with Crippen molar-refractivity contribution in [3.63, 3.8) is 0 Å². The van der Waals surface area contributed by atoms with Gasteiger partial charge in [-0.15, -0.1) is 0 Å². The summed E-state index contributed by atoms with van der Waals surface area (Å²) in [6, 6.07) is 4.12. The maximum absolute atomic E-state index is 5.78. The van der Waals surface area contributed by atoms with E-state index < -0.39 is 0 Å². The van der Waals surface area contributed by atoms with E-state index >= 15 is 0 Å². The Balaban J connectivity index is 2.18. The van der Waals surface area contributed by atoms with Gasteiger partial charge in [0.15, 0.2) is 5.75 Å². The molecule has 2 rings (SSSR count). The van der Waals surface area contributed by atoms with Crippen LogP contribution in [-0.2, 0) is 20.0 Å². The third kappa shape index (κ3) is 4.06. The Morgan fingerprint density at radius 2 is 2.15 bits per heavy atom. The Kier molecular flexibility index (Phi) is 5.12. The molecule has 0 bridgehead atoms. The highest BCUT2D eigenvalue weighted by Gasteiger charge is 2.06. The zero-order valence-corrected chi connectivity index (χ0v) is 12.4. The highest BCUT2D eigenvalue weighted by Crippen LogP contribution is 2.21. The summed E-state index contributed by atoms with van der Waals surface area (Å²) < 4.78 is 7.50. The molecule has 0 aliphatic rings. The van der Waals surface area contributed by atoms with E-state index in [4.69, 9.17) is 4.74 Å². The van der Waals surface area contributed by atoms with Crippen molar-refractivity contribution in [2.45, 2.75) is 33.2 Å². The first-order valence-electron chi connectivity index (χ1n) is 7.08. The highest BCUT2D eigenvalue weighted by molar-refractivity contribution is 5.29. The van der Waals surface area contributed by atoms with Crippen molar-refractivity contribution in [3.8, 4) is 11.6 Å². The predicted molar refractivity (Wildman–Crippen MR) is 78.9 cm³/mol. The first-order chi connectivity index (χ1) is 9.71. The minimum Gasteiger partial charge on any atom is -0.436 e. The molecule has 0 unspecified atom stereocenters. The molecule has 0 aliphatic heterocycles. The van der Waals surface area contributed by atoms with Crippen LogP contribution in [0.1, 0.15) is 31.5 Å². The summed E-state index contributed by atoms with van der Waals surface area (Å²) in [5.74, 6) is 1.35. The monoisotopic (exact) mass is 274 g/mol. The van der Waals surface area contributed by atoms with Crippen LogP contribution in [0.25, 0.3) is 0 Å². The Labute approximate surface area is 120 Å². The maximum Gasteiger partial charge on any atom is 0.219 e. The molecule has 0 amide bonds. The maximum atomic E-state index is 5.78. The second-order valence-electron chi connectivity index (χ2n) is 4.79. The van der Waals surface area contributed by atoms with Gasteiger partial charge in [0.25, 0.3) is 0 Å². The Bertz CT molecular complexity index is 551. The summed E-state index contributed by atoms with van der Waals surface area (Å²) in [5, 5.41) is 7.42. The molecule has 0 saturated carbocycles. The number of ether oxygens (including phenoxy) is 1. The van der Waals surface area contributed by atoms with Gasteiger partial charge in [-0.3, -0.25) is 4.68 Å². The third-order valence-electron chi connectivity index (χ3n) is 2.90. The number of nitrogens with one attached hydrogen (secondary N) is 1. The van der Waals surface area contributed by atoms with Gasteiger partial charge in [-0.05, 0) is 24.6 Å². The summed E-state index contributed by atoms with van der Waals surface area (Å²) in [6.07, 6.45) is 5.56. The predicted octanol–water partition coefficient (Wildman–Crippen LogP) is 2.67. The van der Waals surface area contributed by atoms with Gasteiger partial charge < -0.3 is 10.1 Å². The number of aryl methyl sites for hydroxylation is 2. The average Bonchev–Trinajstić information content (AvgIpc) is 2.82. The van der Waals surface area contributed by atoms with Crippen LogP contribution in [0.4, 0.5) is 0 Å². The van der Waals surface area contributed by atoms with Crippen LogP contribution in [0.3, 0.4) is 0 Å². The van der Waals surface area contributed by atoms with Crippen LogP contribution in [0.2, 0.25) is 0 Å². The smallest absolute Gasteiger partial charge is 0.219 e. The van der Waals surface area contributed by atoms with Crippen LogP contribution in [0, 0.1) is 0 Å². The number of rotatable bonds is 7. The van der Waals surface area contributed by atoms with Gasteiger partial charge in [-0.25, -0.2) is 4.98 Å². The molecule has 0 aliphatic carbocycles. The van der Waals surface area contributed by atoms with Crippen LogP contribution >= 0.6 is 0 Å². The van der Waals surface area contributed by atoms with Gasteiger partial charge in [0.2, 0.25) is 5.88 Å². The largest absolute Gasteiger partial charge is 0.436 e. The van der Waals surface area contributed by atoms with E-state index in [0.717, 1.165) is 31.6 Å². The molecule has 0 spiro atoms. The van der Waals surface area contributed by atoms with E-state index in [2.05, 4.69) is 35.3 Å². The highest BCUT2D eigenvalue weighted by atomic mass is 16.5. The van der Waals surface area contributed by atoms with Gasteiger partial charge in [0, 0.05) is 25.4 Å². The quantitative estimate of drug-likeness (QED) is 0.843. The van der Waals surface area contributed by atoms with Gasteiger partial charge in [-0.1, -0.05) is 20.3 Å². The van der Waals surface area contributed by atoms with Gasteiger partial charge >= 0.3 is 0 Å². The lowest BCUT2D eigenvalue weighted by Crippen LogP contribution is -2.12. The number of hydrogen-bond acceptors (Lipinski definition) is 4. The molecule has 20 heavy (non-hydrogen) atoms. The zero-order valence-electron chi connectivity index (χ0n) is 12.4. The fourth-order valence-corrected chi connectivity index (χ4v) is 2.00. The standard InChI is InChI=1S/C15H22N4O/c1-4-6-13-7-12(9-16-5-2)8-15(18-13)20-14-10-17-19(3)11-14/h7-8,10-11,16H,4-6,9H2,1-3H3. The molecule has 0 atom stereocenters. The summed E-state index contributed by atoms with van der Waals surface area (Å²) in [5.41, 5.74) is 2.27. The van der Waals surface area contributed by atoms with Gasteiger partial charge in [0.05, 0.1) is 12.4 Å². The minimum atomic E-state index is 0.636. The van der Waals surface area contributed by atoms with Crippen molar-refractivity contribution in [1.82, 2.24) is 20.1 Å². The van der Waals surface area contributed by atoms with Gasteiger partial charge in [0.1, 0.15) is 0 Å². The molecule has 2 heterocycles. The van der Waals surface area contributed by atoms with Crippen molar-refractivity contribution in [2.75, 3.05) is 6.54 Å². The molecule has 0 fully saturated rings. The molecular weight excluding hydrogens is 252 g/mol. The lowest BCUT2D eigenvalue weighted by Gasteiger charge is -2.09. The summed E-state index contributed by atoms with van der Waals surface area (Å²) in [7, 11) is 1.87. The van der Waals surface area contributed by atoms with Crippen molar-refractivity contribution < 1.29 is 4.74 Å². The van der Waals surface area contributed by atoms with Gasteiger partial charge in [-0.2, -0.15) is 5.10 Å². The average molecular weight is 274 g/mol. The summed E-state index contributed by atoms with van der Waals surface area (Å²) in [4.78, 5) is 4.55. The first kappa shape index (κ1) is 14.5. The normalized spacial score (nSPS) is 10.8. The van der Waals surface area contributed by atoms with E-state index in [1.54, 1.807) is 10.9 Å². The number of aromatic nitrogens is 3. The number of nitrogens with zero attached hydrogens (tertiary/aromatic N) is 3. The summed E-state index contributed by atoms with van der Waals surface area (Å²) >= 11 is 0. The van der Waals surface area contributed by atoms with E-state index in [1.807, 2.05) is 19.3 Å². The van der Waals surface area contributed by atoms with Crippen molar-refractivity contribution >= 4 is 0 Å². The molecule has 1 N–H and O–H groups in total. The Morgan fingerprint density at radius 3 is 2.80 bits per heavy atom. The van der Waals surface area contributed by atoms with Crippen LogP contribution in [0.15, 0.2) is 24.5 Å². The molecule has 0 radical (unpaired) electrons. The van der Waals surface area contributed by atoms with Crippen LogP contribution in [-0.4, -0.2) is 21.3 Å². The molecule has 2 aromatic rings. The van der Waals surface area contributed by atoms with Crippen molar-refractivity contribution in [3.05, 3.63) is 35.8 Å². The minimum absolute atomic E-state index is 0.636. The lowest BCUT2D eigenvalue weighted by molar-refractivity contribution is 0.458. The second-order valence-corrected chi connectivity index (χ2v) is 4.79. The fourth-order valence-electron chi connectivity index (χ4n) is 2.00. The number of hydrogen-bond donors (Lipinski definition) is 1. The first-order valence-corrected chi connectivity index (χ1v) is 7.08. The molecule has 108 valence electrons. The van der Waals surface area contributed by atoms with E-state index in [-0.39, 0.29) is 0 Å². The zero-order chi connectivity index (χ0) is 14.4. The van der Waals surface area contributed by atoms with Crippen molar-refractivity contribution in [2.24, 2.45) is 7.05 Å². The lowest BCUT2D eigenvalue weighted by atomic mass is 10.1.